The number of hydrogen-bond donors (Lipinski definition) is 0. The summed E-state index contributed by atoms with van der Waals surface area (Å²) in [6, 6.07) is 5.99. The molecule has 3 rings (SSSR count). The van der Waals surface area contributed by atoms with Crippen molar-refractivity contribution in [3.8, 4) is 0 Å². The van der Waals surface area contributed by atoms with E-state index >= 15 is 0 Å². The fraction of sp³-hybridized carbons (Fsp3) is 0.533. The van der Waals surface area contributed by atoms with Gasteiger partial charge in [0.05, 0.1) is 0 Å². The summed E-state index contributed by atoms with van der Waals surface area (Å²) >= 11 is 3.52. The predicted molar refractivity (Wildman–Crippen MR) is 77.2 cm³/mol. The molecule has 2 nitrogen and oxygen atoms in total. The summed E-state index contributed by atoms with van der Waals surface area (Å²) in [5, 5.41) is 0. The normalized spacial score (nSPS) is 26.4. The van der Waals surface area contributed by atoms with E-state index in [2.05, 4.69) is 26.9 Å². The molecule has 1 saturated carbocycles. The van der Waals surface area contributed by atoms with E-state index in [-0.39, 0.29) is 5.78 Å². The van der Waals surface area contributed by atoms with Crippen molar-refractivity contribution in [1.29, 1.82) is 0 Å². The summed E-state index contributed by atoms with van der Waals surface area (Å²) in [6.45, 7) is 3.91. The molecule has 1 aromatic rings. The quantitative estimate of drug-likeness (QED) is 0.773. The smallest absolute Gasteiger partial charge is 0.161 e. The summed E-state index contributed by atoms with van der Waals surface area (Å²) in [4.78, 5) is 14.2. The van der Waals surface area contributed by atoms with Gasteiger partial charge in [0.2, 0.25) is 0 Å². The Morgan fingerprint density at radius 3 is 2.56 bits per heavy atom. The Balaban J connectivity index is 1.92. The minimum Gasteiger partial charge on any atom is -0.370 e. The van der Waals surface area contributed by atoms with Gasteiger partial charge in [-0.25, -0.2) is 0 Å². The molecule has 0 spiro atoms. The Kier molecular flexibility index (Phi) is 3.18. The highest BCUT2D eigenvalue weighted by molar-refractivity contribution is 9.10. The lowest BCUT2D eigenvalue weighted by molar-refractivity contribution is 0.101. The topological polar surface area (TPSA) is 20.3 Å². The molecule has 1 heterocycles. The summed E-state index contributed by atoms with van der Waals surface area (Å²) in [6.07, 6.45) is 4.12. The monoisotopic (exact) mass is 307 g/mol. The number of carbonyl (C=O) groups is 1. The second-order valence-electron chi connectivity index (χ2n) is 5.57. The van der Waals surface area contributed by atoms with Crippen molar-refractivity contribution in [2.45, 2.75) is 26.2 Å². The maximum Gasteiger partial charge on any atom is 0.161 e. The van der Waals surface area contributed by atoms with Gasteiger partial charge >= 0.3 is 0 Å². The molecule has 1 saturated heterocycles. The summed E-state index contributed by atoms with van der Waals surface area (Å²) < 4.78 is 1.06. The molecule has 0 aromatic heterocycles. The van der Waals surface area contributed by atoms with Gasteiger partial charge in [-0.2, -0.15) is 0 Å². The Morgan fingerprint density at radius 1 is 1.28 bits per heavy atom. The second kappa shape index (κ2) is 4.69. The minimum atomic E-state index is 0.162. The summed E-state index contributed by atoms with van der Waals surface area (Å²) in [5.74, 6) is 1.86. The summed E-state index contributed by atoms with van der Waals surface area (Å²) in [7, 11) is 0. The van der Waals surface area contributed by atoms with Gasteiger partial charge < -0.3 is 4.90 Å². The van der Waals surface area contributed by atoms with E-state index in [0.29, 0.717) is 0 Å². The summed E-state index contributed by atoms with van der Waals surface area (Å²) in [5.41, 5.74) is 1.98. The predicted octanol–water partition coefficient (Wildman–Crippen LogP) is 3.89. The minimum absolute atomic E-state index is 0.162. The maximum atomic E-state index is 11.7. The molecule has 18 heavy (non-hydrogen) atoms. The molecule has 2 atom stereocenters. The van der Waals surface area contributed by atoms with Gasteiger partial charge in [0.1, 0.15) is 0 Å². The standard InChI is InChI=1S/C15H18BrNO/c1-10(18)14-6-5-13(16)7-15(14)17-8-11-3-2-4-12(11)9-17/h5-7,11-12H,2-4,8-9H2,1H3. The van der Waals surface area contributed by atoms with Crippen molar-refractivity contribution < 1.29 is 4.79 Å². The molecule has 0 amide bonds. The molecule has 0 bridgehead atoms. The van der Waals surface area contributed by atoms with Gasteiger partial charge in [-0.3, -0.25) is 4.79 Å². The van der Waals surface area contributed by atoms with Gasteiger partial charge in [0, 0.05) is 28.8 Å². The van der Waals surface area contributed by atoms with Crippen molar-refractivity contribution in [1.82, 2.24) is 0 Å². The van der Waals surface area contributed by atoms with Crippen LogP contribution in [0.2, 0.25) is 0 Å². The van der Waals surface area contributed by atoms with Crippen LogP contribution < -0.4 is 4.90 Å². The molecule has 2 fully saturated rings. The third kappa shape index (κ3) is 2.09. The molecule has 0 N–H and O–H groups in total. The molecule has 2 unspecified atom stereocenters. The van der Waals surface area contributed by atoms with Crippen LogP contribution in [0.3, 0.4) is 0 Å². The number of rotatable bonds is 2. The van der Waals surface area contributed by atoms with Crippen LogP contribution in [0, 0.1) is 11.8 Å². The van der Waals surface area contributed by atoms with E-state index in [1.54, 1.807) is 6.92 Å². The van der Waals surface area contributed by atoms with Gasteiger partial charge in [-0.1, -0.05) is 22.4 Å². The average molecular weight is 308 g/mol. The molecule has 3 heteroatoms. The molecular weight excluding hydrogens is 290 g/mol. The first kappa shape index (κ1) is 12.2. The Bertz CT molecular complexity index is 473. The zero-order valence-electron chi connectivity index (χ0n) is 10.7. The number of anilines is 1. The van der Waals surface area contributed by atoms with Crippen LogP contribution in [0.4, 0.5) is 5.69 Å². The fourth-order valence-electron chi connectivity index (χ4n) is 3.50. The van der Waals surface area contributed by atoms with Crippen LogP contribution in [0.25, 0.3) is 0 Å². The Labute approximate surface area is 116 Å². The lowest BCUT2D eigenvalue weighted by atomic mass is 10.0. The number of fused-ring (bicyclic) bond motifs is 1. The largest absolute Gasteiger partial charge is 0.370 e. The number of ketones is 1. The number of benzene rings is 1. The van der Waals surface area contributed by atoms with Crippen LogP contribution in [0.5, 0.6) is 0 Å². The van der Waals surface area contributed by atoms with E-state index < -0.39 is 0 Å². The highest BCUT2D eigenvalue weighted by atomic mass is 79.9. The lowest BCUT2D eigenvalue weighted by Crippen LogP contribution is -2.22. The van der Waals surface area contributed by atoms with E-state index in [0.717, 1.165) is 40.6 Å². The molecular formula is C15H18BrNO. The molecule has 1 aliphatic heterocycles. The molecule has 1 aliphatic carbocycles. The van der Waals surface area contributed by atoms with Crippen molar-refractivity contribution >= 4 is 27.4 Å². The van der Waals surface area contributed by atoms with Crippen LogP contribution >= 0.6 is 15.9 Å². The lowest BCUT2D eigenvalue weighted by Gasteiger charge is -2.22. The van der Waals surface area contributed by atoms with Crippen LogP contribution in [-0.4, -0.2) is 18.9 Å². The highest BCUT2D eigenvalue weighted by Crippen LogP contribution is 2.40. The second-order valence-corrected chi connectivity index (χ2v) is 6.49. The first-order valence-corrected chi connectivity index (χ1v) is 7.50. The first-order chi connectivity index (χ1) is 8.65. The first-order valence-electron chi connectivity index (χ1n) is 6.70. The van der Waals surface area contributed by atoms with E-state index in [4.69, 9.17) is 0 Å². The van der Waals surface area contributed by atoms with Crippen LogP contribution in [0.1, 0.15) is 36.5 Å². The SMILES string of the molecule is CC(=O)c1ccc(Br)cc1N1CC2CCCC2C1. The molecule has 2 aliphatic rings. The van der Waals surface area contributed by atoms with E-state index in [1.807, 2.05) is 12.1 Å². The van der Waals surface area contributed by atoms with Crippen LogP contribution in [-0.2, 0) is 0 Å². The van der Waals surface area contributed by atoms with Crippen molar-refractivity contribution in [3.05, 3.63) is 28.2 Å². The van der Waals surface area contributed by atoms with Gasteiger partial charge in [0.25, 0.3) is 0 Å². The number of Topliss-reactive ketones (excluding diaryl/α,β-unsaturated/α-hetero) is 1. The maximum absolute atomic E-state index is 11.7. The Hall–Kier alpha value is -0.830. The zero-order valence-corrected chi connectivity index (χ0v) is 12.2. The molecule has 96 valence electrons. The van der Waals surface area contributed by atoms with Crippen LogP contribution in [0.15, 0.2) is 22.7 Å². The number of hydrogen-bond acceptors (Lipinski definition) is 2. The Morgan fingerprint density at radius 2 is 1.94 bits per heavy atom. The fourth-order valence-corrected chi connectivity index (χ4v) is 3.84. The van der Waals surface area contributed by atoms with Crippen molar-refractivity contribution in [2.75, 3.05) is 18.0 Å². The number of nitrogens with zero attached hydrogens (tertiary/aromatic N) is 1. The van der Waals surface area contributed by atoms with Crippen molar-refractivity contribution in [3.63, 3.8) is 0 Å². The zero-order chi connectivity index (χ0) is 12.7. The van der Waals surface area contributed by atoms with E-state index in [9.17, 15) is 4.79 Å². The molecule has 0 radical (unpaired) electrons. The van der Waals surface area contributed by atoms with Gasteiger partial charge in [-0.15, -0.1) is 0 Å². The van der Waals surface area contributed by atoms with Gasteiger partial charge in [0.15, 0.2) is 5.78 Å². The molecule has 1 aromatic carbocycles. The third-order valence-electron chi connectivity index (χ3n) is 4.41. The highest BCUT2D eigenvalue weighted by Gasteiger charge is 2.36. The average Bonchev–Trinajstić information content (AvgIpc) is 2.88. The van der Waals surface area contributed by atoms with Gasteiger partial charge in [-0.05, 0) is 49.8 Å². The number of carbonyl (C=O) groups excluding carboxylic acids is 1. The van der Waals surface area contributed by atoms with Crippen molar-refractivity contribution in [2.24, 2.45) is 11.8 Å². The number of halogens is 1. The third-order valence-corrected chi connectivity index (χ3v) is 4.90. The van der Waals surface area contributed by atoms with E-state index in [1.165, 1.54) is 19.3 Å².